The lowest BCUT2D eigenvalue weighted by Gasteiger charge is -2.23. The molecule has 0 saturated carbocycles. The van der Waals surface area contributed by atoms with Crippen LogP contribution in [0.2, 0.25) is 0 Å². The van der Waals surface area contributed by atoms with E-state index in [1.54, 1.807) is 0 Å². The first-order valence-corrected chi connectivity index (χ1v) is 7.56. The minimum atomic E-state index is 0.579. The van der Waals surface area contributed by atoms with Gasteiger partial charge in [-0.2, -0.15) is 0 Å². The van der Waals surface area contributed by atoms with Crippen molar-refractivity contribution in [3.63, 3.8) is 0 Å². The second-order valence-electron chi connectivity index (χ2n) is 6.42. The third-order valence-corrected chi connectivity index (χ3v) is 4.11. The zero-order chi connectivity index (χ0) is 12.6. The van der Waals surface area contributed by atoms with Gasteiger partial charge in [-0.05, 0) is 63.7 Å². The van der Waals surface area contributed by atoms with E-state index < -0.39 is 0 Å². The van der Waals surface area contributed by atoms with Crippen LogP contribution in [0.25, 0.3) is 0 Å². The van der Waals surface area contributed by atoms with Crippen LogP contribution in [0.3, 0.4) is 0 Å². The summed E-state index contributed by atoms with van der Waals surface area (Å²) in [6, 6.07) is 0. The molecule has 1 saturated heterocycles. The average molecular weight is 240 g/mol. The Bertz CT molecular complexity index is 189. The van der Waals surface area contributed by atoms with Crippen molar-refractivity contribution in [1.82, 2.24) is 4.90 Å². The third kappa shape index (κ3) is 7.05. The maximum absolute atomic E-state index is 5.49. The van der Waals surface area contributed by atoms with Crippen molar-refractivity contribution in [1.29, 1.82) is 0 Å². The standard InChI is InChI=1S/C15H32N2/c1-15(2)9-8-13-17(14-10-15)12-7-5-3-4-6-11-16/h3-14,16H2,1-2H3. The van der Waals surface area contributed by atoms with E-state index in [1.807, 2.05) is 0 Å². The lowest BCUT2D eigenvalue weighted by Crippen LogP contribution is -2.26. The Kier molecular flexibility index (Phi) is 7.14. The van der Waals surface area contributed by atoms with Gasteiger partial charge in [0.05, 0.1) is 0 Å². The summed E-state index contributed by atoms with van der Waals surface area (Å²) in [5.41, 5.74) is 6.07. The third-order valence-electron chi connectivity index (χ3n) is 4.11. The fraction of sp³-hybridized carbons (Fsp3) is 1.00. The van der Waals surface area contributed by atoms with Crippen LogP contribution in [0.15, 0.2) is 0 Å². The van der Waals surface area contributed by atoms with Crippen molar-refractivity contribution in [2.75, 3.05) is 26.2 Å². The highest BCUT2D eigenvalue weighted by atomic mass is 15.1. The highest BCUT2D eigenvalue weighted by Gasteiger charge is 2.22. The van der Waals surface area contributed by atoms with Gasteiger partial charge in [0, 0.05) is 0 Å². The van der Waals surface area contributed by atoms with Crippen LogP contribution in [-0.4, -0.2) is 31.1 Å². The van der Waals surface area contributed by atoms with Crippen LogP contribution in [0, 0.1) is 5.41 Å². The Labute approximate surface area is 108 Å². The fourth-order valence-corrected chi connectivity index (χ4v) is 2.71. The quantitative estimate of drug-likeness (QED) is 0.691. The van der Waals surface area contributed by atoms with E-state index in [0.717, 1.165) is 6.54 Å². The highest BCUT2D eigenvalue weighted by Crippen LogP contribution is 2.29. The van der Waals surface area contributed by atoms with Gasteiger partial charge in [0.1, 0.15) is 0 Å². The molecule has 1 aliphatic heterocycles. The van der Waals surface area contributed by atoms with Gasteiger partial charge in [0.15, 0.2) is 0 Å². The number of nitrogens with zero attached hydrogens (tertiary/aromatic N) is 1. The Morgan fingerprint density at radius 3 is 2.41 bits per heavy atom. The summed E-state index contributed by atoms with van der Waals surface area (Å²) >= 11 is 0. The van der Waals surface area contributed by atoms with Gasteiger partial charge in [-0.15, -0.1) is 0 Å². The minimum absolute atomic E-state index is 0.579. The van der Waals surface area contributed by atoms with E-state index in [-0.39, 0.29) is 0 Å². The molecule has 0 atom stereocenters. The number of unbranched alkanes of at least 4 members (excludes halogenated alkanes) is 4. The minimum Gasteiger partial charge on any atom is -0.330 e. The molecule has 0 radical (unpaired) electrons. The van der Waals surface area contributed by atoms with Gasteiger partial charge in [0.2, 0.25) is 0 Å². The van der Waals surface area contributed by atoms with Crippen LogP contribution in [0.5, 0.6) is 0 Å². The van der Waals surface area contributed by atoms with E-state index in [0.29, 0.717) is 5.41 Å². The van der Waals surface area contributed by atoms with Crippen molar-refractivity contribution in [2.45, 2.75) is 65.2 Å². The SMILES string of the molecule is CC1(C)CCCN(CCCCCCCN)CC1. The van der Waals surface area contributed by atoms with Gasteiger partial charge >= 0.3 is 0 Å². The van der Waals surface area contributed by atoms with Crippen molar-refractivity contribution in [3.8, 4) is 0 Å². The second-order valence-corrected chi connectivity index (χ2v) is 6.42. The molecule has 2 heteroatoms. The first-order valence-electron chi connectivity index (χ1n) is 7.56. The van der Waals surface area contributed by atoms with Crippen molar-refractivity contribution >= 4 is 0 Å². The Morgan fingerprint density at radius 2 is 1.65 bits per heavy atom. The molecule has 1 aliphatic rings. The molecule has 102 valence electrons. The zero-order valence-corrected chi connectivity index (χ0v) is 12.0. The summed E-state index contributed by atoms with van der Waals surface area (Å²) in [7, 11) is 0. The topological polar surface area (TPSA) is 29.3 Å². The average Bonchev–Trinajstić information content (AvgIpc) is 2.45. The monoisotopic (exact) mass is 240 g/mol. The summed E-state index contributed by atoms with van der Waals surface area (Å²) in [5.74, 6) is 0. The summed E-state index contributed by atoms with van der Waals surface area (Å²) in [5, 5.41) is 0. The van der Waals surface area contributed by atoms with Crippen LogP contribution in [-0.2, 0) is 0 Å². The fourth-order valence-electron chi connectivity index (χ4n) is 2.71. The molecule has 2 nitrogen and oxygen atoms in total. The lowest BCUT2D eigenvalue weighted by molar-refractivity contribution is 0.257. The number of hydrogen-bond donors (Lipinski definition) is 1. The number of rotatable bonds is 7. The van der Waals surface area contributed by atoms with Gasteiger partial charge in [-0.3, -0.25) is 0 Å². The van der Waals surface area contributed by atoms with Gasteiger partial charge in [0.25, 0.3) is 0 Å². The maximum Gasteiger partial charge on any atom is -0.00136 e. The first-order chi connectivity index (χ1) is 8.14. The Morgan fingerprint density at radius 1 is 0.941 bits per heavy atom. The van der Waals surface area contributed by atoms with Crippen LogP contribution in [0.1, 0.15) is 65.2 Å². The van der Waals surface area contributed by atoms with Gasteiger partial charge in [-0.25, -0.2) is 0 Å². The van der Waals surface area contributed by atoms with Crippen molar-refractivity contribution < 1.29 is 0 Å². The zero-order valence-electron chi connectivity index (χ0n) is 12.0. The predicted octanol–water partition coefficient (Wildman–Crippen LogP) is 3.41. The Hall–Kier alpha value is -0.0800. The summed E-state index contributed by atoms with van der Waals surface area (Å²) in [6.45, 7) is 9.66. The smallest absolute Gasteiger partial charge is 0.00136 e. The van der Waals surface area contributed by atoms with Crippen LogP contribution in [0.4, 0.5) is 0 Å². The molecule has 0 spiro atoms. The lowest BCUT2D eigenvalue weighted by atomic mass is 9.85. The molecule has 17 heavy (non-hydrogen) atoms. The molecule has 0 unspecified atom stereocenters. The molecule has 1 rings (SSSR count). The molecule has 2 N–H and O–H groups in total. The largest absolute Gasteiger partial charge is 0.330 e. The van der Waals surface area contributed by atoms with Crippen molar-refractivity contribution in [2.24, 2.45) is 11.1 Å². The Balaban J connectivity index is 2.03. The van der Waals surface area contributed by atoms with Crippen LogP contribution >= 0.6 is 0 Å². The van der Waals surface area contributed by atoms with Crippen molar-refractivity contribution in [3.05, 3.63) is 0 Å². The van der Waals surface area contributed by atoms with E-state index >= 15 is 0 Å². The van der Waals surface area contributed by atoms with E-state index in [2.05, 4.69) is 18.7 Å². The molecule has 1 fully saturated rings. The van der Waals surface area contributed by atoms with E-state index in [9.17, 15) is 0 Å². The van der Waals surface area contributed by atoms with Crippen LogP contribution < -0.4 is 5.73 Å². The summed E-state index contributed by atoms with van der Waals surface area (Å²) < 4.78 is 0. The van der Waals surface area contributed by atoms with E-state index in [1.165, 1.54) is 71.0 Å². The molecule has 1 heterocycles. The summed E-state index contributed by atoms with van der Waals surface area (Å²) in [6.07, 6.45) is 10.8. The first kappa shape index (κ1) is 15.0. The molecule has 0 aromatic heterocycles. The van der Waals surface area contributed by atoms with Gasteiger partial charge < -0.3 is 10.6 Å². The molecule has 0 aliphatic carbocycles. The maximum atomic E-state index is 5.49. The second kappa shape index (κ2) is 8.10. The molecular weight excluding hydrogens is 208 g/mol. The normalized spacial score (nSPS) is 21.4. The van der Waals surface area contributed by atoms with E-state index in [4.69, 9.17) is 5.73 Å². The van der Waals surface area contributed by atoms with Gasteiger partial charge in [-0.1, -0.05) is 33.1 Å². The molecule has 0 amide bonds. The molecular formula is C15H32N2. The predicted molar refractivity (Wildman–Crippen MR) is 76.2 cm³/mol. The number of likely N-dealkylation sites (tertiary alicyclic amines) is 1. The number of hydrogen-bond acceptors (Lipinski definition) is 2. The molecule has 0 aromatic rings. The molecule has 0 bridgehead atoms. The highest BCUT2D eigenvalue weighted by molar-refractivity contribution is 4.76. The number of nitrogens with two attached hydrogens (primary N) is 1. The summed E-state index contributed by atoms with van der Waals surface area (Å²) in [4.78, 5) is 2.68. The molecule has 0 aromatic carbocycles.